The molecule has 1 saturated carbocycles. The van der Waals surface area contributed by atoms with E-state index in [0.717, 1.165) is 18.4 Å². The standard InChI is InChI=1S/C19H23NO3/c1-13(2)12-19(15-9-6-10-16(21)11-15)18(22)23-17(20-19)14-7-4-3-5-8-14/h3-5,7-8,13,15H,6,9-12H2,1-2H3/t15-,19+/m0/s1. The fourth-order valence-electron chi connectivity index (χ4n) is 3.74. The number of Topliss-reactive ketones (excluding diaryl/α,β-unsaturated/α-hetero) is 1. The van der Waals surface area contributed by atoms with Gasteiger partial charge >= 0.3 is 5.97 Å². The van der Waals surface area contributed by atoms with Crippen molar-refractivity contribution in [2.75, 3.05) is 0 Å². The van der Waals surface area contributed by atoms with Gasteiger partial charge in [-0.1, -0.05) is 32.0 Å². The quantitative estimate of drug-likeness (QED) is 0.799. The molecular formula is C19H23NO3. The van der Waals surface area contributed by atoms with Crippen molar-refractivity contribution in [1.29, 1.82) is 0 Å². The summed E-state index contributed by atoms with van der Waals surface area (Å²) in [5, 5.41) is 0. The van der Waals surface area contributed by atoms with Gasteiger partial charge in [-0.05, 0) is 37.3 Å². The molecule has 0 aromatic heterocycles. The highest BCUT2D eigenvalue weighted by atomic mass is 16.6. The molecule has 23 heavy (non-hydrogen) atoms. The van der Waals surface area contributed by atoms with Crippen LogP contribution in [-0.2, 0) is 14.3 Å². The number of hydrogen-bond acceptors (Lipinski definition) is 4. The molecule has 1 aliphatic heterocycles. The van der Waals surface area contributed by atoms with Crippen LogP contribution in [-0.4, -0.2) is 23.2 Å². The average Bonchev–Trinajstić information content (AvgIpc) is 2.85. The minimum atomic E-state index is -0.893. The summed E-state index contributed by atoms with van der Waals surface area (Å²) in [6.45, 7) is 4.16. The lowest BCUT2D eigenvalue weighted by Gasteiger charge is -2.34. The summed E-state index contributed by atoms with van der Waals surface area (Å²) in [7, 11) is 0. The van der Waals surface area contributed by atoms with Crippen LogP contribution < -0.4 is 0 Å². The van der Waals surface area contributed by atoms with E-state index in [1.807, 2.05) is 30.3 Å². The number of esters is 1. The van der Waals surface area contributed by atoms with Crippen molar-refractivity contribution in [1.82, 2.24) is 0 Å². The van der Waals surface area contributed by atoms with Crippen LogP contribution in [0.3, 0.4) is 0 Å². The minimum Gasteiger partial charge on any atom is -0.405 e. The Balaban J connectivity index is 1.99. The van der Waals surface area contributed by atoms with Gasteiger partial charge in [0.1, 0.15) is 5.78 Å². The van der Waals surface area contributed by atoms with E-state index >= 15 is 0 Å². The van der Waals surface area contributed by atoms with Gasteiger partial charge in [0.2, 0.25) is 5.90 Å². The van der Waals surface area contributed by atoms with E-state index in [4.69, 9.17) is 9.73 Å². The number of cyclic esters (lactones) is 1. The Hall–Kier alpha value is -1.97. The van der Waals surface area contributed by atoms with Crippen LogP contribution in [0.1, 0.15) is 51.5 Å². The monoisotopic (exact) mass is 313 g/mol. The molecule has 2 atom stereocenters. The first-order valence-electron chi connectivity index (χ1n) is 8.40. The Morgan fingerprint density at radius 3 is 2.65 bits per heavy atom. The summed E-state index contributed by atoms with van der Waals surface area (Å²) < 4.78 is 5.55. The first kappa shape index (κ1) is 15.9. The molecule has 2 aliphatic rings. The molecule has 0 amide bonds. The van der Waals surface area contributed by atoms with Crippen molar-refractivity contribution in [3.05, 3.63) is 35.9 Å². The van der Waals surface area contributed by atoms with E-state index in [9.17, 15) is 9.59 Å². The zero-order chi connectivity index (χ0) is 16.4. The summed E-state index contributed by atoms with van der Waals surface area (Å²) in [6.07, 6.45) is 3.39. The van der Waals surface area contributed by atoms with E-state index in [1.54, 1.807) is 0 Å². The Bertz CT molecular complexity index is 635. The van der Waals surface area contributed by atoms with E-state index in [0.29, 0.717) is 31.1 Å². The molecule has 122 valence electrons. The number of carbonyl (C=O) groups is 2. The van der Waals surface area contributed by atoms with Gasteiger partial charge in [-0.15, -0.1) is 0 Å². The molecule has 0 bridgehead atoms. The predicted molar refractivity (Wildman–Crippen MR) is 88.2 cm³/mol. The zero-order valence-corrected chi connectivity index (χ0v) is 13.7. The maximum atomic E-state index is 12.8. The van der Waals surface area contributed by atoms with Crippen molar-refractivity contribution in [2.45, 2.75) is 51.5 Å². The van der Waals surface area contributed by atoms with Gasteiger partial charge in [0.25, 0.3) is 0 Å². The highest BCUT2D eigenvalue weighted by molar-refractivity contribution is 6.08. The van der Waals surface area contributed by atoms with Crippen LogP contribution in [0.5, 0.6) is 0 Å². The number of hydrogen-bond donors (Lipinski definition) is 0. The predicted octanol–water partition coefficient (Wildman–Crippen LogP) is 3.53. The lowest BCUT2D eigenvalue weighted by molar-refractivity contribution is -0.142. The van der Waals surface area contributed by atoms with Gasteiger partial charge in [-0.25, -0.2) is 9.79 Å². The highest BCUT2D eigenvalue weighted by Gasteiger charge is 2.53. The molecular weight excluding hydrogens is 290 g/mol. The molecule has 0 N–H and O–H groups in total. The molecule has 3 rings (SSSR count). The van der Waals surface area contributed by atoms with E-state index in [1.165, 1.54) is 0 Å². The maximum absolute atomic E-state index is 12.8. The third-order valence-electron chi connectivity index (χ3n) is 4.74. The van der Waals surface area contributed by atoms with Crippen molar-refractivity contribution in [3.63, 3.8) is 0 Å². The summed E-state index contributed by atoms with van der Waals surface area (Å²) in [6, 6.07) is 9.51. The summed E-state index contributed by atoms with van der Waals surface area (Å²) >= 11 is 0. The summed E-state index contributed by atoms with van der Waals surface area (Å²) in [5.74, 6) is 0.609. The number of rotatable bonds is 4. The van der Waals surface area contributed by atoms with Crippen LogP contribution in [0.25, 0.3) is 0 Å². The van der Waals surface area contributed by atoms with Gasteiger partial charge in [0.05, 0.1) is 0 Å². The molecule has 0 unspecified atom stereocenters. The third-order valence-corrected chi connectivity index (χ3v) is 4.74. The molecule has 1 aliphatic carbocycles. The lowest BCUT2D eigenvalue weighted by atomic mass is 9.71. The topological polar surface area (TPSA) is 55.7 Å². The van der Waals surface area contributed by atoms with E-state index in [2.05, 4.69) is 13.8 Å². The number of nitrogens with zero attached hydrogens (tertiary/aromatic N) is 1. The number of ketones is 1. The SMILES string of the molecule is CC(C)C[C@]1([C@H]2CCCC(=O)C2)N=C(c2ccccc2)OC1=O. The Kier molecular flexibility index (Phi) is 4.33. The summed E-state index contributed by atoms with van der Waals surface area (Å²) in [4.78, 5) is 29.5. The zero-order valence-electron chi connectivity index (χ0n) is 13.7. The fourth-order valence-corrected chi connectivity index (χ4v) is 3.74. The van der Waals surface area contributed by atoms with Crippen molar-refractivity contribution in [2.24, 2.45) is 16.8 Å². The Labute approximate surface area is 136 Å². The van der Waals surface area contributed by atoms with Crippen LogP contribution >= 0.6 is 0 Å². The van der Waals surface area contributed by atoms with Crippen LogP contribution in [0.4, 0.5) is 0 Å². The number of carbonyl (C=O) groups excluding carboxylic acids is 2. The van der Waals surface area contributed by atoms with Gasteiger partial charge in [0, 0.05) is 24.3 Å². The Morgan fingerprint density at radius 1 is 1.26 bits per heavy atom. The second kappa shape index (κ2) is 6.26. The molecule has 0 saturated heterocycles. The molecule has 0 radical (unpaired) electrons. The molecule has 0 spiro atoms. The van der Waals surface area contributed by atoms with Gasteiger partial charge in [0.15, 0.2) is 5.54 Å². The Morgan fingerprint density at radius 2 is 2.00 bits per heavy atom. The number of aliphatic imine (C=N–C) groups is 1. The van der Waals surface area contributed by atoms with Crippen molar-refractivity contribution >= 4 is 17.7 Å². The van der Waals surface area contributed by atoms with Gasteiger partial charge < -0.3 is 4.74 Å². The highest BCUT2D eigenvalue weighted by Crippen LogP contribution is 2.42. The van der Waals surface area contributed by atoms with Crippen LogP contribution in [0, 0.1) is 11.8 Å². The second-order valence-electron chi connectivity index (χ2n) is 7.03. The van der Waals surface area contributed by atoms with E-state index in [-0.39, 0.29) is 17.7 Å². The average molecular weight is 313 g/mol. The van der Waals surface area contributed by atoms with Gasteiger partial charge in [-0.2, -0.15) is 0 Å². The lowest BCUT2D eigenvalue weighted by Crippen LogP contribution is -2.45. The summed E-state index contributed by atoms with van der Waals surface area (Å²) in [5.41, 5.74) is -0.0799. The second-order valence-corrected chi connectivity index (χ2v) is 7.03. The van der Waals surface area contributed by atoms with Gasteiger partial charge in [-0.3, -0.25) is 4.79 Å². The normalized spacial score (nSPS) is 28.0. The molecule has 1 fully saturated rings. The van der Waals surface area contributed by atoms with Crippen molar-refractivity contribution in [3.8, 4) is 0 Å². The largest absolute Gasteiger partial charge is 0.405 e. The fraction of sp³-hybridized carbons (Fsp3) is 0.526. The van der Waals surface area contributed by atoms with Crippen LogP contribution in [0.15, 0.2) is 35.3 Å². The molecule has 1 heterocycles. The number of ether oxygens (including phenoxy) is 1. The van der Waals surface area contributed by atoms with Crippen LogP contribution in [0.2, 0.25) is 0 Å². The maximum Gasteiger partial charge on any atom is 0.341 e. The molecule has 1 aromatic carbocycles. The molecule has 4 nitrogen and oxygen atoms in total. The molecule has 4 heteroatoms. The minimum absolute atomic E-state index is 0.0418. The first-order valence-corrected chi connectivity index (χ1v) is 8.40. The third kappa shape index (κ3) is 3.07. The smallest absolute Gasteiger partial charge is 0.341 e. The molecule has 1 aromatic rings. The van der Waals surface area contributed by atoms with E-state index < -0.39 is 5.54 Å². The van der Waals surface area contributed by atoms with Crippen molar-refractivity contribution < 1.29 is 14.3 Å². The first-order chi connectivity index (χ1) is 11.0. The number of benzene rings is 1.